The van der Waals surface area contributed by atoms with Crippen LogP contribution in [-0.4, -0.2) is 23.5 Å². The molecule has 0 aliphatic heterocycles. The zero-order valence-corrected chi connectivity index (χ0v) is 11.1. The minimum atomic E-state index is -0.107. The summed E-state index contributed by atoms with van der Waals surface area (Å²) in [5.74, 6) is -0.121. The van der Waals surface area contributed by atoms with Crippen molar-refractivity contribution in [2.75, 3.05) is 11.9 Å². The van der Waals surface area contributed by atoms with E-state index in [1.165, 1.54) is 6.92 Å². The summed E-state index contributed by atoms with van der Waals surface area (Å²) in [6, 6.07) is 7.32. The Bertz CT molecular complexity index is 415. The van der Waals surface area contributed by atoms with Crippen LogP contribution in [0.3, 0.4) is 0 Å². The van der Waals surface area contributed by atoms with Crippen LogP contribution in [0.5, 0.6) is 0 Å². The lowest BCUT2D eigenvalue weighted by atomic mass is 10.2. The summed E-state index contributed by atoms with van der Waals surface area (Å²) in [6.07, 6.45) is 1.78. The van der Waals surface area contributed by atoms with E-state index < -0.39 is 0 Å². The summed E-state index contributed by atoms with van der Waals surface area (Å²) in [6.45, 7) is 2.05. The maximum atomic E-state index is 11.5. The van der Waals surface area contributed by atoms with Crippen molar-refractivity contribution in [3.63, 3.8) is 0 Å². The van der Waals surface area contributed by atoms with Gasteiger partial charge in [0.15, 0.2) is 0 Å². The highest BCUT2D eigenvalue weighted by Gasteiger charge is 2.01. The number of unbranched alkanes of at least 4 members (excludes halogenated alkanes) is 1. The van der Waals surface area contributed by atoms with Gasteiger partial charge >= 0.3 is 0 Å². The lowest BCUT2D eigenvalue weighted by Gasteiger charge is -2.06. The van der Waals surface area contributed by atoms with Crippen molar-refractivity contribution in [3.8, 4) is 0 Å². The summed E-state index contributed by atoms with van der Waals surface area (Å²) >= 11 is 0. The van der Waals surface area contributed by atoms with Crippen LogP contribution >= 0.6 is 0 Å². The Kier molecular flexibility index (Phi) is 6.60. The molecule has 1 rings (SSSR count). The van der Waals surface area contributed by atoms with Crippen LogP contribution in [0.1, 0.15) is 31.7 Å². The predicted molar refractivity (Wildman–Crippen MR) is 73.5 cm³/mol. The maximum absolute atomic E-state index is 11.5. The van der Waals surface area contributed by atoms with E-state index in [0.717, 1.165) is 11.3 Å². The molecule has 0 aliphatic carbocycles. The second-order valence-corrected chi connectivity index (χ2v) is 4.34. The number of hydrogen-bond donors (Lipinski definition) is 3. The van der Waals surface area contributed by atoms with Gasteiger partial charge in [0.05, 0.1) is 0 Å². The molecule has 0 aromatic heterocycles. The van der Waals surface area contributed by atoms with Crippen molar-refractivity contribution in [1.29, 1.82) is 0 Å². The SMILES string of the molecule is CC(=O)Nc1ccc(CNC(=O)CCCCO)cc1. The summed E-state index contributed by atoms with van der Waals surface area (Å²) < 4.78 is 0. The largest absolute Gasteiger partial charge is 0.396 e. The molecule has 0 atom stereocenters. The normalized spacial score (nSPS) is 10.0. The van der Waals surface area contributed by atoms with Crippen LogP contribution < -0.4 is 10.6 Å². The van der Waals surface area contributed by atoms with E-state index in [0.29, 0.717) is 25.8 Å². The van der Waals surface area contributed by atoms with Crippen molar-refractivity contribution in [2.24, 2.45) is 0 Å². The Balaban J connectivity index is 2.33. The van der Waals surface area contributed by atoms with Crippen LogP contribution in [0.15, 0.2) is 24.3 Å². The second kappa shape index (κ2) is 8.26. The lowest BCUT2D eigenvalue weighted by molar-refractivity contribution is -0.121. The van der Waals surface area contributed by atoms with Gasteiger partial charge in [0.2, 0.25) is 11.8 Å². The molecule has 1 aromatic carbocycles. The monoisotopic (exact) mass is 264 g/mol. The first-order valence-corrected chi connectivity index (χ1v) is 6.36. The third-order valence-corrected chi connectivity index (χ3v) is 2.58. The molecule has 0 spiro atoms. The zero-order valence-electron chi connectivity index (χ0n) is 11.1. The van der Waals surface area contributed by atoms with Crippen molar-refractivity contribution in [3.05, 3.63) is 29.8 Å². The number of carbonyl (C=O) groups is 2. The van der Waals surface area contributed by atoms with Crippen molar-refractivity contribution in [2.45, 2.75) is 32.7 Å². The Morgan fingerprint density at radius 2 is 1.84 bits per heavy atom. The van der Waals surface area contributed by atoms with Crippen LogP contribution in [0.25, 0.3) is 0 Å². The molecule has 0 bridgehead atoms. The molecular weight excluding hydrogens is 244 g/mol. The highest BCUT2D eigenvalue weighted by atomic mass is 16.3. The van der Waals surface area contributed by atoms with E-state index in [4.69, 9.17) is 5.11 Å². The van der Waals surface area contributed by atoms with E-state index >= 15 is 0 Å². The lowest BCUT2D eigenvalue weighted by Crippen LogP contribution is -2.22. The molecule has 5 nitrogen and oxygen atoms in total. The number of benzene rings is 1. The molecule has 5 heteroatoms. The first-order valence-electron chi connectivity index (χ1n) is 6.36. The predicted octanol–water partition coefficient (Wildman–Crippen LogP) is 1.42. The molecule has 0 fully saturated rings. The first-order chi connectivity index (χ1) is 9.11. The summed E-state index contributed by atoms with van der Waals surface area (Å²) in [4.78, 5) is 22.3. The standard InChI is InChI=1S/C14H20N2O3/c1-11(18)16-13-7-5-12(6-8-13)10-15-14(19)4-2-3-9-17/h5-8,17H,2-4,9-10H2,1H3,(H,15,19)(H,16,18). The summed E-state index contributed by atoms with van der Waals surface area (Å²) in [5.41, 5.74) is 1.72. The Labute approximate surface area is 113 Å². The molecule has 19 heavy (non-hydrogen) atoms. The number of rotatable bonds is 7. The fourth-order valence-corrected chi connectivity index (χ4v) is 1.60. The van der Waals surface area contributed by atoms with Gasteiger partial charge in [0.1, 0.15) is 0 Å². The number of amides is 2. The number of anilines is 1. The van der Waals surface area contributed by atoms with Gasteiger partial charge in [-0.2, -0.15) is 0 Å². The zero-order chi connectivity index (χ0) is 14.1. The summed E-state index contributed by atoms with van der Waals surface area (Å²) in [5, 5.41) is 14.1. The van der Waals surface area contributed by atoms with E-state index in [1.807, 2.05) is 12.1 Å². The number of hydrogen-bond acceptors (Lipinski definition) is 3. The van der Waals surface area contributed by atoms with E-state index in [9.17, 15) is 9.59 Å². The van der Waals surface area contributed by atoms with E-state index in [-0.39, 0.29) is 18.4 Å². The van der Waals surface area contributed by atoms with Gasteiger partial charge in [-0.1, -0.05) is 12.1 Å². The fourth-order valence-electron chi connectivity index (χ4n) is 1.60. The van der Waals surface area contributed by atoms with Crippen LogP contribution in [0.2, 0.25) is 0 Å². The second-order valence-electron chi connectivity index (χ2n) is 4.34. The highest BCUT2D eigenvalue weighted by molar-refractivity contribution is 5.88. The third kappa shape index (κ3) is 6.57. The molecule has 3 N–H and O–H groups in total. The quantitative estimate of drug-likeness (QED) is 0.652. The first kappa shape index (κ1) is 15.2. The van der Waals surface area contributed by atoms with Gasteiger partial charge in [-0.3, -0.25) is 9.59 Å². The molecule has 1 aromatic rings. The minimum Gasteiger partial charge on any atom is -0.396 e. The Morgan fingerprint density at radius 1 is 1.16 bits per heavy atom. The van der Waals surface area contributed by atoms with Crippen molar-refractivity contribution >= 4 is 17.5 Å². The minimum absolute atomic E-state index is 0.0145. The topological polar surface area (TPSA) is 78.4 Å². The fraction of sp³-hybridized carbons (Fsp3) is 0.429. The molecule has 0 heterocycles. The van der Waals surface area contributed by atoms with Gasteiger partial charge in [-0.15, -0.1) is 0 Å². The smallest absolute Gasteiger partial charge is 0.221 e. The molecule has 0 aliphatic rings. The van der Waals surface area contributed by atoms with Crippen molar-refractivity contribution in [1.82, 2.24) is 5.32 Å². The number of aliphatic hydroxyl groups is 1. The van der Waals surface area contributed by atoms with Crippen LogP contribution in [0, 0.1) is 0 Å². The number of carbonyl (C=O) groups excluding carboxylic acids is 2. The number of aliphatic hydroxyl groups excluding tert-OH is 1. The maximum Gasteiger partial charge on any atom is 0.221 e. The van der Waals surface area contributed by atoms with Crippen LogP contribution in [-0.2, 0) is 16.1 Å². The molecule has 2 amide bonds. The average molecular weight is 264 g/mol. The van der Waals surface area contributed by atoms with E-state index in [1.54, 1.807) is 12.1 Å². The van der Waals surface area contributed by atoms with Gasteiger partial charge in [0, 0.05) is 32.2 Å². The van der Waals surface area contributed by atoms with Gasteiger partial charge in [-0.25, -0.2) is 0 Å². The molecule has 0 saturated heterocycles. The summed E-state index contributed by atoms with van der Waals surface area (Å²) in [7, 11) is 0. The van der Waals surface area contributed by atoms with Crippen LogP contribution in [0.4, 0.5) is 5.69 Å². The Hall–Kier alpha value is -1.88. The number of nitrogens with one attached hydrogen (secondary N) is 2. The third-order valence-electron chi connectivity index (χ3n) is 2.58. The van der Waals surface area contributed by atoms with Gasteiger partial charge in [-0.05, 0) is 30.5 Å². The molecular formula is C14H20N2O3. The van der Waals surface area contributed by atoms with Crippen molar-refractivity contribution < 1.29 is 14.7 Å². The average Bonchev–Trinajstić information content (AvgIpc) is 2.37. The van der Waals surface area contributed by atoms with Gasteiger partial charge in [0.25, 0.3) is 0 Å². The molecule has 0 unspecified atom stereocenters. The molecule has 0 saturated carbocycles. The van der Waals surface area contributed by atoms with Gasteiger partial charge < -0.3 is 15.7 Å². The highest BCUT2D eigenvalue weighted by Crippen LogP contribution is 2.09. The molecule has 104 valence electrons. The van der Waals surface area contributed by atoms with E-state index in [2.05, 4.69) is 10.6 Å². The molecule has 0 radical (unpaired) electrons. The Morgan fingerprint density at radius 3 is 2.42 bits per heavy atom.